The first-order valence-corrected chi connectivity index (χ1v) is 10.8. The van der Waals surface area contributed by atoms with E-state index in [1.165, 1.54) is 0 Å². The van der Waals surface area contributed by atoms with Crippen LogP contribution in [-0.2, 0) is 11.8 Å². The third-order valence-electron chi connectivity index (χ3n) is 6.52. The molecule has 1 saturated heterocycles. The minimum absolute atomic E-state index is 0.0267. The first kappa shape index (κ1) is 19.8. The van der Waals surface area contributed by atoms with E-state index in [4.69, 9.17) is 0 Å². The van der Waals surface area contributed by atoms with E-state index in [0.29, 0.717) is 44.6 Å². The molecule has 0 bridgehead atoms. The van der Waals surface area contributed by atoms with Crippen molar-refractivity contribution in [2.45, 2.75) is 24.9 Å². The van der Waals surface area contributed by atoms with Crippen molar-refractivity contribution in [3.63, 3.8) is 0 Å². The minimum Gasteiger partial charge on any atom is -0.380 e. The van der Waals surface area contributed by atoms with Crippen molar-refractivity contribution in [2.24, 2.45) is 7.05 Å². The van der Waals surface area contributed by atoms with Gasteiger partial charge in [-0.15, -0.1) is 0 Å². The number of carbonyl (C=O) groups excluding carboxylic acids is 2. The number of aliphatic hydroxyl groups is 1. The molecule has 7 heteroatoms. The lowest BCUT2D eigenvalue weighted by Crippen LogP contribution is -2.58. The summed E-state index contributed by atoms with van der Waals surface area (Å²) in [6.45, 7) is 1.90. The lowest BCUT2D eigenvalue weighted by Gasteiger charge is -2.42. The fourth-order valence-electron chi connectivity index (χ4n) is 4.44. The Labute approximate surface area is 180 Å². The molecule has 0 atom stereocenters. The van der Waals surface area contributed by atoms with Gasteiger partial charge in [0.2, 0.25) is 0 Å². The maximum absolute atomic E-state index is 12.9. The third-order valence-corrected chi connectivity index (χ3v) is 6.52. The summed E-state index contributed by atoms with van der Waals surface area (Å²) in [6.07, 6.45) is 3.97. The summed E-state index contributed by atoms with van der Waals surface area (Å²) in [5, 5.41) is 15.8. The Kier molecular flexibility index (Phi) is 4.78. The Hall–Kier alpha value is -3.19. The van der Waals surface area contributed by atoms with Crippen LogP contribution < -0.4 is 0 Å². The molecule has 31 heavy (non-hydrogen) atoms. The van der Waals surface area contributed by atoms with Crippen LogP contribution in [0.5, 0.6) is 0 Å². The van der Waals surface area contributed by atoms with Crippen molar-refractivity contribution in [3.8, 4) is 11.1 Å². The van der Waals surface area contributed by atoms with E-state index in [1.54, 1.807) is 14.5 Å². The number of amides is 2. The van der Waals surface area contributed by atoms with Gasteiger partial charge in [-0.2, -0.15) is 5.10 Å². The Morgan fingerprint density at radius 2 is 1.58 bits per heavy atom. The Balaban J connectivity index is 1.24. The number of rotatable bonds is 3. The van der Waals surface area contributed by atoms with Crippen LogP contribution in [0, 0.1) is 0 Å². The number of carbonyl (C=O) groups is 2. The number of hydrogen-bond donors (Lipinski definition) is 1. The number of aryl methyl sites for hydroxylation is 1. The lowest BCUT2D eigenvalue weighted by atomic mass is 9.79. The summed E-state index contributed by atoms with van der Waals surface area (Å²) in [5.74, 6) is -0.207. The molecule has 160 valence electrons. The molecule has 5 rings (SSSR count). The smallest absolute Gasteiger partial charge is 0.254 e. The maximum Gasteiger partial charge on any atom is 0.254 e. The summed E-state index contributed by atoms with van der Waals surface area (Å²) in [5.41, 5.74) is 2.51. The quantitative estimate of drug-likeness (QED) is 0.709. The lowest BCUT2D eigenvalue weighted by molar-refractivity contribution is -0.161. The molecule has 1 saturated carbocycles. The van der Waals surface area contributed by atoms with Crippen molar-refractivity contribution in [2.75, 3.05) is 26.2 Å². The molecule has 2 amide bonds. The second-order valence-corrected chi connectivity index (χ2v) is 8.62. The Bertz CT molecular complexity index is 1140. The van der Waals surface area contributed by atoms with E-state index in [1.807, 2.05) is 37.5 Å². The van der Waals surface area contributed by atoms with E-state index in [2.05, 4.69) is 23.3 Å². The number of piperazine rings is 1. The predicted molar refractivity (Wildman–Crippen MR) is 117 cm³/mol. The van der Waals surface area contributed by atoms with Gasteiger partial charge in [-0.3, -0.25) is 14.3 Å². The van der Waals surface area contributed by atoms with Gasteiger partial charge in [-0.1, -0.05) is 24.3 Å². The van der Waals surface area contributed by atoms with Gasteiger partial charge in [-0.05, 0) is 48.6 Å². The van der Waals surface area contributed by atoms with Gasteiger partial charge in [0.1, 0.15) is 5.60 Å². The molecule has 2 aliphatic rings. The van der Waals surface area contributed by atoms with E-state index in [-0.39, 0.29) is 11.8 Å². The van der Waals surface area contributed by atoms with Gasteiger partial charge in [-0.25, -0.2) is 0 Å². The number of hydrogen-bond acceptors (Lipinski definition) is 4. The standard InChI is InChI=1S/C24H26N4O3/c1-26-16-20-8-7-19(15-21(20)25-26)17-3-5-18(6-4-17)22(29)27-11-13-28(14-12-27)23(30)24(31)9-2-10-24/h3-8,15-16,31H,2,9-14H2,1H3. The highest BCUT2D eigenvalue weighted by atomic mass is 16.3. The molecule has 3 aromatic rings. The molecule has 1 aliphatic heterocycles. The van der Waals surface area contributed by atoms with Gasteiger partial charge in [0.05, 0.1) is 5.52 Å². The zero-order valence-corrected chi connectivity index (χ0v) is 17.6. The van der Waals surface area contributed by atoms with Gasteiger partial charge in [0.25, 0.3) is 11.8 Å². The van der Waals surface area contributed by atoms with Crippen LogP contribution in [0.2, 0.25) is 0 Å². The average molecular weight is 418 g/mol. The van der Waals surface area contributed by atoms with Crippen LogP contribution in [0.3, 0.4) is 0 Å². The normalized spacial score (nSPS) is 18.1. The largest absolute Gasteiger partial charge is 0.380 e. The minimum atomic E-state index is -1.17. The summed E-state index contributed by atoms with van der Waals surface area (Å²) >= 11 is 0. The summed E-state index contributed by atoms with van der Waals surface area (Å²) in [7, 11) is 1.91. The van der Waals surface area contributed by atoms with Crippen LogP contribution in [0.1, 0.15) is 29.6 Å². The van der Waals surface area contributed by atoms with Crippen molar-refractivity contribution >= 4 is 22.7 Å². The maximum atomic E-state index is 12.9. The number of benzene rings is 2. The van der Waals surface area contributed by atoms with Crippen LogP contribution in [0.4, 0.5) is 0 Å². The number of fused-ring (bicyclic) bond motifs is 1. The van der Waals surface area contributed by atoms with Crippen LogP contribution in [0.15, 0.2) is 48.7 Å². The van der Waals surface area contributed by atoms with Gasteiger partial charge < -0.3 is 14.9 Å². The van der Waals surface area contributed by atoms with Crippen LogP contribution in [-0.4, -0.2) is 68.3 Å². The second-order valence-electron chi connectivity index (χ2n) is 8.62. The fourth-order valence-corrected chi connectivity index (χ4v) is 4.44. The van der Waals surface area contributed by atoms with Crippen LogP contribution >= 0.6 is 0 Å². The third kappa shape index (κ3) is 3.59. The summed E-state index contributed by atoms with van der Waals surface area (Å²) < 4.78 is 1.80. The Morgan fingerprint density at radius 3 is 2.23 bits per heavy atom. The zero-order valence-electron chi connectivity index (χ0n) is 17.6. The number of aromatic nitrogens is 2. The van der Waals surface area contributed by atoms with E-state index >= 15 is 0 Å². The van der Waals surface area contributed by atoms with E-state index in [0.717, 1.165) is 28.5 Å². The predicted octanol–water partition coefficient (Wildman–Crippen LogP) is 2.44. The van der Waals surface area contributed by atoms with Gasteiger partial charge >= 0.3 is 0 Å². The molecule has 0 unspecified atom stereocenters. The second kappa shape index (κ2) is 7.50. The van der Waals surface area contributed by atoms with Crippen molar-refractivity contribution in [1.29, 1.82) is 0 Å². The first-order valence-electron chi connectivity index (χ1n) is 10.8. The fraction of sp³-hybridized carbons (Fsp3) is 0.375. The molecular weight excluding hydrogens is 392 g/mol. The number of nitrogens with zero attached hydrogens (tertiary/aromatic N) is 4. The molecule has 2 aromatic carbocycles. The first-order chi connectivity index (χ1) is 14.9. The summed E-state index contributed by atoms with van der Waals surface area (Å²) in [4.78, 5) is 28.9. The molecule has 2 heterocycles. The van der Waals surface area contributed by atoms with Crippen molar-refractivity contribution in [3.05, 3.63) is 54.2 Å². The average Bonchev–Trinajstić information content (AvgIpc) is 3.16. The van der Waals surface area contributed by atoms with Gasteiger partial charge in [0.15, 0.2) is 0 Å². The van der Waals surface area contributed by atoms with Gasteiger partial charge in [0, 0.05) is 50.4 Å². The molecule has 1 aromatic heterocycles. The van der Waals surface area contributed by atoms with E-state index < -0.39 is 5.60 Å². The molecule has 7 nitrogen and oxygen atoms in total. The SMILES string of the molecule is Cn1cc2ccc(-c3ccc(C(=O)N4CCN(C(=O)C5(O)CCC5)CC4)cc3)cc2n1. The molecule has 1 N–H and O–H groups in total. The monoisotopic (exact) mass is 418 g/mol. The molecule has 0 radical (unpaired) electrons. The topological polar surface area (TPSA) is 78.7 Å². The molecule has 2 fully saturated rings. The van der Waals surface area contributed by atoms with Crippen LogP contribution in [0.25, 0.3) is 22.0 Å². The highest BCUT2D eigenvalue weighted by Crippen LogP contribution is 2.33. The highest BCUT2D eigenvalue weighted by molar-refractivity contribution is 5.95. The Morgan fingerprint density at radius 1 is 0.935 bits per heavy atom. The van der Waals surface area contributed by atoms with Crippen molar-refractivity contribution < 1.29 is 14.7 Å². The molecular formula is C24H26N4O3. The van der Waals surface area contributed by atoms with E-state index in [9.17, 15) is 14.7 Å². The summed E-state index contributed by atoms with van der Waals surface area (Å²) in [6, 6.07) is 13.8. The highest BCUT2D eigenvalue weighted by Gasteiger charge is 2.45. The molecule has 0 spiro atoms. The van der Waals surface area contributed by atoms with Crippen molar-refractivity contribution in [1.82, 2.24) is 19.6 Å². The zero-order chi connectivity index (χ0) is 21.6. The molecule has 1 aliphatic carbocycles.